The molecule has 21 heavy (non-hydrogen) atoms. The van der Waals surface area contributed by atoms with E-state index in [9.17, 15) is 0 Å². The zero-order chi connectivity index (χ0) is 14.6. The maximum atomic E-state index is 8.44. The lowest BCUT2D eigenvalue weighted by molar-refractivity contribution is 0.801. The molecule has 0 radical (unpaired) electrons. The summed E-state index contributed by atoms with van der Waals surface area (Å²) in [5.41, 5.74) is 2.66. The lowest BCUT2D eigenvalue weighted by Gasteiger charge is -2.20. The molecule has 2 nitrogen and oxygen atoms in total. The summed E-state index contributed by atoms with van der Waals surface area (Å²) in [5.74, 6) is 2.06. The third-order valence-electron chi connectivity index (χ3n) is 4.77. The van der Waals surface area contributed by atoms with Gasteiger partial charge in [0.25, 0.3) is 0 Å². The van der Waals surface area contributed by atoms with Crippen LogP contribution in [0.25, 0.3) is 10.8 Å². The summed E-state index contributed by atoms with van der Waals surface area (Å²) in [6, 6.07) is 10.8. The molecule has 0 bridgehead atoms. The molecule has 0 aromatic heterocycles. The Balaban J connectivity index is 1.81. The molecule has 1 aliphatic carbocycles. The normalized spacial score (nSPS) is 20.9. The van der Waals surface area contributed by atoms with Crippen molar-refractivity contribution in [3.05, 3.63) is 40.4 Å². The molecule has 2 aromatic carbocycles. The van der Waals surface area contributed by atoms with Crippen LogP contribution in [0.2, 0.25) is 0 Å². The highest BCUT2D eigenvalue weighted by molar-refractivity contribution is 9.10. The highest BCUT2D eigenvalue weighted by atomic mass is 79.9. The fourth-order valence-corrected chi connectivity index (χ4v) is 4.01. The molecule has 1 N–H and O–H groups in total. The molecule has 2 aromatic rings. The molecule has 1 aliphatic heterocycles. The molecule has 4 rings (SSSR count). The van der Waals surface area contributed by atoms with Crippen molar-refractivity contribution in [1.29, 1.82) is 5.41 Å². The van der Waals surface area contributed by atoms with E-state index in [-0.39, 0.29) is 0 Å². The number of anilines is 1. The van der Waals surface area contributed by atoms with Gasteiger partial charge in [-0.05, 0) is 47.2 Å². The predicted molar refractivity (Wildman–Crippen MR) is 92.5 cm³/mol. The highest BCUT2D eigenvalue weighted by Gasteiger charge is 2.32. The van der Waals surface area contributed by atoms with Crippen molar-refractivity contribution in [3.63, 3.8) is 0 Å². The monoisotopic (exact) mass is 342 g/mol. The fraction of sp³-hybridized carbons (Fsp3) is 0.389. The number of benzene rings is 2. The van der Waals surface area contributed by atoms with Crippen molar-refractivity contribution in [2.24, 2.45) is 5.92 Å². The van der Waals surface area contributed by atoms with Gasteiger partial charge < -0.3 is 4.90 Å². The quantitative estimate of drug-likeness (QED) is 0.581. The molecule has 2 aliphatic rings. The average molecular weight is 343 g/mol. The molecule has 3 heteroatoms. The van der Waals surface area contributed by atoms with E-state index in [4.69, 9.17) is 5.41 Å². The molecule has 1 fully saturated rings. The van der Waals surface area contributed by atoms with Gasteiger partial charge in [-0.15, -0.1) is 0 Å². The lowest BCUT2D eigenvalue weighted by Crippen LogP contribution is -2.29. The first-order valence-electron chi connectivity index (χ1n) is 7.71. The first kappa shape index (κ1) is 13.3. The lowest BCUT2D eigenvalue weighted by atomic mass is 9.96. The van der Waals surface area contributed by atoms with Crippen LogP contribution in [0.15, 0.2) is 34.8 Å². The second-order valence-electron chi connectivity index (χ2n) is 6.44. The molecule has 1 unspecified atom stereocenters. The average Bonchev–Trinajstić information content (AvgIpc) is 3.21. The number of amidine groups is 1. The van der Waals surface area contributed by atoms with Crippen LogP contribution < -0.4 is 4.90 Å². The van der Waals surface area contributed by atoms with Gasteiger partial charge in [0.15, 0.2) is 0 Å². The topological polar surface area (TPSA) is 27.1 Å². The number of hydrogen-bond donors (Lipinski definition) is 1. The summed E-state index contributed by atoms with van der Waals surface area (Å²) in [7, 11) is 0. The molecule has 1 saturated carbocycles. The molecule has 0 spiro atoms. The van der Waals surface area contributed by atoms with Crippen molar-refractivity contribution in [2.45, 2.75) is 32.1 Å². The van der Waals surface area contributed by atoms with Crippen molar-refractivity contribution in [1.82, 2.24) is 0 Å². The molecule has 0 saturated heterocycles. The van der Waals surface area contributed by atoms with Crippen LogP contribution in [0.5, 0.6) is 0 Å². The molecular weight excluding hydrogens is 324 g/mol. The second kappa shape index (κ2) is 4.84. The Bertz CT molecular complexity index is 733. The van der Waals surface area contributed by atoms with Gasteiger partial charge >= 0.3 is 0 Å². The van der Waals surface area contributed by atoms with E-state index in [1.165, 1.54) is 34.9 Å². The Kier molecular flexibility index (Phi) is 3.07. The number of halogens is 1. The Morgan fingerprint density at radius 1 is 1.24 bits per heavy atom. The van der Waals surface area contributed by atoms with Gasteiger partial charge in [0.2, 0.25) is 0 Å². The summed E-state index contributed by atoms with van der Waals surface area (Å²) in [5, 5.41) is 11.1. The number of hydrogen-bond acceptors (Lipinski definition) is 1. The van der Waals surface area contributed by atoms with E-state index in [0.29, 0.717) is 5.92 Å². The summed E-state index contributed by atoms with van der Waals surface area (Å²) in [6.45, 7) is 3.23. The van der Waals surface area contributed by atoms with E-state index in [1.807, 2.05) is 0 Å². The van der Waals surface area contributed by atoms with Gasteiger partial charge in [-0.2, -0.15) is 0 Å². The van der Waals surface area contributed by atoms with Crippen LogP contribution in [0.3, 0.4) is 0 Å². The molecule has 108 valence electrons. The third kappa shape index (κ3) is 2.18. The Morgan fingerprint density at radius 2 is 2.05 bits per heavy atom. The second-order valence-corrected chi connectivity index (χ2v) is 7.29. The Morgan fingerprint density at radius 3 is 2.81 bits per heavy atom. The number of fused-ring (bicyclic) bond motifs is 3. The zero-order valence-electron chi connectivity index (χ0n) is 12.2. The van der Waals surface area contributed by atoms with Crippen LogP contribution in [0, 0.1) is 11.3 Å². The summed E-state index contributed by atoms with van der Waals surface area (Å²) < 4.78 is 1.15. The van der Waals surface area contributed by atoms with Crippen molar-refractivity contribution >= 4 is 38.2 Å². The minimum absolute atomic E-state index is 0.484. The van der Waals surface area contributed by atoms with E-state index < -0.39 is 0 Å². The van der Waals surface area contributed by atoms with Crippen LogP contribution >= 0.6 is 15.9 Å². The Hall–Kier alpha value is -1.35. The molecular formula is C18H19BrN2. The van der Waals surface area contributed by atoms with Gasteiger partial charge in [-0.25, -0.2) is 0 Å². The van der Waals surface area contributed by atoms with Crippen molar-refractivity contribution in [2.75, 3.05) is 11.4 Å². The van der Waals surface area contributed by atoms with Gasteiger partial charge in [-0.3, -0.25) is 5.41 Å². The van der Waals surface area contributed by atoms with Gasteiger partial charge in [0, 0.05) is 29.0 Å². The smallest absolute Gasteiger partial charge is 0.101 e. The summed E-state index contributed by atoms with van der Waals surface area (Å²) in [4.78, 5) is 2.23. The maximum Gasteiger partial charge on any atom is 0.101 e. The largest absolute Gasteiger partial charge is 0.329 e. The predicted octanol–water partition coefficient (Wildman–Crippen LogP) is 5.30. The van der Waals surface area contributed by atoms with Crippen LogP contribution in [0.1, 0.15) is 37.7 Å². The summed E-state index contributed by atoms with van der Waals surface area (Å²) in [6.07, 6.45) is 3.56. The van der Waals surface area contributed by atoms with Crippen molar-refractivity contribution < 1.29 is 0 Å². The Labute approximate surface area is 133 Å². The minimum Gasteiger partial charge on any atom is -0.329 e. The summed E-state index contributed by atoms with van der Waals surface area (Å²) >= 11 is 3.65. The standard InChI is InChI=1S/C18H19BrN2/c1-11-10-21(17(20)9-12-5-6-12)16-8-7-13-14(18(11)16)3-2-4-15(13)19/h2-4,7-8,11-12,20H,5-6,9-10H2,1H3. The SMILES string of the molecule is CC1CN(C(=N)CC2CC2)c2ccc3c(Br)cccc3c21. The van der Waals surface area contributed by atoms with Crippen molar-refractivity contribution in [3.8, 4) is 0 Å². The van der Waals surface area contributed by atoms with E-state index in [0.717, 1.165) is 29.2 Å². The van der Waals surface area contributed by atoms with Gasteiger partial charge in [-0.1, -0.05) is 41.1 Å². The maximum absolute atomic E-state index is 8.44. The van der Waals surface area contributed by atoms with E-state index >= 15 is 0 Å². The highest BCUT2D eigenvalue weighted by Crippen LogP contribution is 2.43. The number of rotatable bonds is 2. The van der Waals surface area contributed by atoms with Gasteiger partial charge in [0.05, 0.1) is 0 Å². The number of nitrogens with zero attached hydrogens (tertiary/aromatic N) is 1. The zero-order valence-corrected chi connectivity index (χ0v) is 13.8. The first-order chi connectivity index (χ1) is 10.1. The van der Waals surface area contributed by atoms with Crippen LogP contribution in [0.4, 0.5) is 5.69 Å². The molecule has 0 amide bonds. The first-order valence-corrected chi connectivity index (χ1v) is 8.50. The minimum atomic E-state index is 0.484. The van der Waals surface area contributed by atoms with E-state index in [2.05, 4.69) is 58.1 Å². The molecule has 1 atom stereocenters. The molecule has 1 heterocycles. The third-order valence-corrected chi connectivity index (χ3v) is 5.46. The van der Waals surface area contributed by atoms with Gasteiger partial charge in [0.1, 0.15) is 5.84 Å². The van der Waals surface area contributed by atoms with Crippen LogP contribution in [-0.2, 0) is 0 Å². The number of nitrogens with one attached hydrogen (secondary N) is 1. The van der Waals surface area contributed by atoms with E-state index in [1.54, 1.807) is 0 Å². The fourth-order valence-electron chi connectivity index (χ4n) is 3.51. The van der Waals surface area contributed by atoms with Crippen LogP contribution in [-0.4, -0.2) is 12.4 Å².